The number of halogens is 2. The summed E-state index contributed by atoms with van der Waals surface area (Å²) in [5, 5.41) is 2.60. The summed E-state index contributed by atoms with van der Waals surface area (Å²) in [6, 6.07) is 9.19. The summed E-state index contributed by atoms with van der Waals surface area (Å²) >= 11 is 5.79. The number of rotatable bonds is 6. The molecule has 0 aliphatic rings. The molecule has 0 radical (unpaired) electrons. The molecule has 2 N–H and O–H groups in total. The second-order valence-electron chi connectivity index (χ2n) is 4.64. The van der Waals surface area contributed by atoms with Gasteiger partial charge in [-0.25, -0.2) is 17.5 Å². The first-order chi connectivity index (χ1) is 11.3. The molecule has 0 fully saturated rings. The maximum absolute atomic E-state index is 12.9. The highest BCUT2D eigenvalue weighted by molar-refractivity contribution is 7.89. The normalized spacial score (nSPS) is 11.1. The maximum atomic E-state index is 12.9. The van der Waals surface area contributed by atoms with Crippen LogP contribution in [0, 0.1) is 5.82 Å². The van der Waals surface area contributed by atoms with Crippen molar-refractivity contribution in [3.05, 3.63) is 53.3 Å². The molecule has 0 aliphatic carbocycles. The minimum absolute atomic E-state index is 0.0597. The van der Waals surface area contributed by atoms with Gasteiger partial charge in [0.15, 0.2) is 6.61 Å². The minimum atomic E-state index is -3.53. The van der Waals surface area contributed by atoms with E-state index in [1.54, 1.807) is 0 Å². The van der Waals surface area contributed by atoms with E-state index in [4.69, 9.17) is 16.3 Å². The second kappa shape index (κ2) is 7.61. The van der Waals surface area contributed by atoms with Crippen LogP contribution in [0.2, 0.25) is 5.02 Å². The Morgan fingerprint density at radius 3 is 2.46 bits per heavy atom. The smallest absolute Gasteiger partial charge is 0.262 e. The van der Waals surface area contributed by atoms with Gasteiger partial charge in [-0.3, -0.25) is 4.79 Å². The molecule has 0 atom stereocenters. The third-order valence-electron chi connectivity index (χ3n) is 2.97. The molecule has 2 aromatic rings. The largest absolute Gasteiger partial charge is 0.482 e. The lowest BCUT2D eigenvalue weighted by atomic mass is 10.3. The van der Waals surface area contributed by atoms with Crippen LogP contribution in [-0.4, -0.2) is 28.0 Å². The van der Waals surface area contributed by atoms with Gasteiger partial charge in [-0.1, -0.05) is 11.6 Å². The predicted octanol–water partition coefficient (Wildman–Crippen LogP) is 2.40. The monoisotopic (exact) mass is 372 g/mol. The highest BCUT2D eigenvalue weighted by Crippen LogP contribution is 2.24. The van der Waals surface area contributed by atoms with Crippen LogP contribution in [0.15, 0.2) is 47.4 Å². The van der Waals surface area contributed by atoms with Crippen LogP contribution in [0.1, 0.15) is 0 Å². The van der Waals surface area contributed by atoms with Gasteiger partial charge in [-0.15, -0.1) is 0 Å². The molecule has 0 heterocycles. The number of benzene rings is 2. The van der Waals surface area contributed by atoms with Gasteiger partial charge in [0.2, 0.25) is 10.0 Å². The van der Waals surface area contributed by atoms with Crippen LogP contribution < -0.4 is 14.8 Å². The van der Waals surface area contributed by atoms with Crippen LogP contribution >= 0.6 is 11.6 Å². The fourth-order valence-corrected chi connectivity index (χ4v) is 2.72. The third-order valence-corrected chi connectivity index (χ3v) is 4.70. The van der Waals surface area contributed by atoms with E-state index >= 15 is 0 Å². The van der Waals surface area contributed by atoms with Crippen molar-refractivity contribution in [3.8, 4) is 5.75 Å². The van der Waals surface area contributed by atoms with E-state index in [9.17, 15) is 17.6 Å². The Kier molecular flexibility index (Phi) is 5.76. The molecule has 0 aromatic heterocycles. The van der Waals surface area contributed by atoms with Crippen molar-refractivity contribution in [1.29, 1.82) is 0 Å². The van der Waals surface area contributed by atoms with Crippen molar-refractivity contribution in [2.24, 2.45) is 0 Å². The summed E-state index contributed by atoms with van der Waals surface area (Å²) in [4.78, 5) is 11.9. The van der Waals surface area contributed by atoms with E-state index in [0.717, 1.165) is 6.07 Å². The van der Waals surface area contributed by atoms with Crippen LogP contribution in [0.5, 0.6) is 5.75 Å². The number of hydrogen-bond acceptors (Lipinski definition) is 4. The maximum Gasteiger partial charge on any atom is 0.262 e. The lowest BCUT2D eigenvalue weighted by Crippen LogP contribution is -2.21. The molecule has 2 rings (SSSR count). The predicted molar refractivity (Wildman–Crippen MR) is 88.2 cm³/mol. The number of hydrogen-bond donors (Lipinski definition) is 2. The zero-order valence-corrected chi connectivity index (χ0v) is 14.1. The SMILES string of the molecule is CNS(=O)(=O)c1ccc(NC(=O)COc2ccc(F)cc2Cl)cc1. The fraction of sp³-hybridized carbons (Fsp3) is 0.133. The summed E-state index contributed by atoms with van der Waals surface area (Å²) < 4.78 is 43.5. The zero-order valence-electron chi connectivity index (χ0n) is 12.5. The fourth-order valence-electron chi connectivity index (χ4n) is 1.77. The van der Waals surface area contributed by atoms with Crippen LogP contribution in [0.4, 0.5) is 10.1 Å². The first-order valence-electron chi connectivity index (χ1n) is 6.73. The van der Waals surface area contributed by atoms with Gasteiger partial charge in [0.05, 0.1) is 9.92 Å². The van der Waals surface area contributed by atoms with Crippen molar-refractivity contribution in [2.45, 2.75) is 4.90 Å². The summed E-state index contributed by atoms with van der Waals surface area (Å²) in [5.41, 5.74) is 0.406. The van der Waals surface area contributed by atoms with Gasteiger partial charge in [0, 0.05) is 5.69 Å². The number of ether oxygens (including phenoxy) is 1. The molecule has 0 aliphatic heterocycles. The Labute approximate surface area is 143 Å². The highest BCUT2D eigenvalue weighted by atomic mass is 35.5. The quantitative estimate of drug-likeness (QED) is 0.815. The van der Waals surface area contributed by atoms with Gasteiger partial charge < -0.3 is 10.1 Å². The lowest BCUT2D eigenvalue weighted by Gasteiger charge is -2.09. The standard InChI is InChI=1S/C15H14ClFN2O4S/c1-18-24(21,22)12-5-3-11(4-6-12)19-15(20)9-23-14-7-2-10(17)8-13(14)16/h2-8,18H,9H2,1H3,(H,19,20). The van der Waals surface area contributed by atoms with Crippen LogP contribution in [0.3, 0.4) is 0 Å². The molecular weight excluding hydrogens is 359 g/mol. The molecular formula is C15H14ClFN2O4S. The van der Waals surface area contributed by atoms with E-state index in [-0.39, 0.29) is 22.3 Å². The molecule has 0 spiro atoms. The Morgan fingerprint density at radius 2 is 1.88 bits per heavy atom. The summed E-state index contributed by atoms with van der Waals surface area (Å²) in [6.45, 7) is -0.331. The van der Waals surface area contributed by atoms with Crippen molar-refractivity contribution in [3.63, 3.8) is 0 Å². The van der Waals surface area contributed by atoms with Crippen molar-refractivity contribution in [1.82, 2.24) is 4.72 Å². The first kappa shape index (κ1) is 18.2. The number of amides is 1. The second-order valence-corrected chi connectivity index (χ2v) is 6.94. The lowest BCUT2D eigenvalue weighted by molar-refractivity contribution is -0.118. The number of anilines is 1. The summed E-state index contributed by atoms with van der Waals surface area (Å²) in [7, 11) is -2.22. The van der Waals surface area contributed by atoms with Gasteiger partial charge in [-0.2, -0.15) is 0 Å². The van der Waals surface area contributed by atoms with Crippen molar-refractivity contribution >= 4 is 33.2 Å². The Balaban J connectivity index is 1.95. The van der Waals surface area contributed by atoms with Gasteiger partial charge >= 0.3 is 0 Å². The van der Waals surface area contributed by atoms with Gasteiger partial charge in [0.1, 0.15) is 11.6 Å². The third kappa shape index (κ3) is 4.67. The highest BCUT2D eigenvalue weighted by Gasteiger charge is 2.11. The summed E-state index contributed by atoms with van der Waals surface area (Å²) in [6.07, 6.45) is 0. The van der Waals surface area contributed by atoms with Crippen LogP contribution in [0.25, 0.3) is 0 Å². The van der Waals surface area contributed by atoms with E-state index in [1.807, 2.05) is 0 Å². The van der Waals surface area contributed by atoms with Gasteiger partial charge in [0.25, 0.3) is 5.91 Å². The molecule has 0 bridgehead atoms. The molecule has 6 nitrogen and oxygen atoms in total. The first-order valence-corrected chi connectivity index (χ1v) is 8.59. The molecule has 2 aromatic carbocycles. The van der Waals surface area contributed by atoms with E-state index in [1.165, 1.54) is 43.4 Å². The Hall–Kier alpha value is -2.16. The number of nitrogens with one attached hydrogen (secondary N) is 2. The van der Waals surface area contributed by atoms with Crippen molar-refractivity contribution < 1.29 is 22.3 Å². The molecule has 0 saturated carbocycles. The van der Waals surface area contributed by atoms with Crippen molar-refractivity contribution in [2.75, 3.05) is 19.0 Å². The van der Waals surface area contributed by atoms with Crippen LogP contribution in [-0.2, 0) is 14.8 Å². The number of sulfonamides is 1. The molecule has 1 amide bonds. The number of carbonyl (C=O) groups is 1. The molecule has 0 unspecified atom stereocenters. The van der Waals surface area contributed by atoms with E-state index in [2.05, 4.69) is 10.0 Å². The Bertz CT molecular complexity index is 841. The van der Waals surface area contributed by atoms with E-state index in [0.29, 0.717) is 5.69 Å². The minimum Gasteiger partial charge on any atom is -0.482 e. The Morgan fingerprint density at radius 1 is 1.21 bits per heavy atom. The molecule has 0 saturated heterocycles. The van der Waals surface area contributed by atoms with E-state index < -0.39 is 21.7 Å². The number of carbonyl (C=O) groups excluding carboxylic acids is 1. The average Bonchev–Trinajstić information content (AvgIpc) is 2.54. The average molecular weight is 373 g/mol. The van der Waals surface area contributed by atoms with Gasteiger partial charge in [-0.05, 0) is 49.5 Å². The molecule has 128 valence electrons. The molecule has 24 heavy (non-hydrogen) atoms. The zero-order chi connectivity index (χ0) is 17.7. The topological polar surface area (TPSA) is 84.5 Å². The summed E-state index contributed by atoms with van der Waals surface area (Å²) in [5.74, 6) is -0.795. The molecule has 9 heteroatoms.